The zero-order valence-corrected chi connectivity index (χ0v) is 12.3. The first-order valence-corrected chi connectivity index (χ1v) is 7.77. The van der Waals surface area contributed by atoms with Crippen molar-refractivity contribution in [2.24, 2.45) is 0 Å². The number of rotatable bonds is 3. The number of anilines is 1. The van der Waals surface area contributed by atoms with Crippen LogP contribution in [0.5, 0.6) is 0 Å². The Balaban J connectivity index is 1.88. The van der Waals surface area contributed by atoms with Crippen LogP contribution in [0.15, 0.2) is 34.2 Å². The van der Waals surface area contributed by atoms with E-state index in [1.54, 1.807) is 0 Å². The summed E-state index contributed by atoms with van der Waals surface area (Å²) in [6.45, 7) is 2.07. The molecule has 0 atom stereocenters. The summed E-state index contributed by atoms with van der Waals surface area (Å²) in [5.74, 6) is 0.751. The molecule has 0 aliphatic heterocycles. The van der Waals surface area contributed by atoms with Gasteiger partial charge in [0.1, 0.15) is 4.70 Å². The van der Waals surface area contributed by atoms with Crippen LogP contribution in [0.4, 0.5) is 5.13 Å². The van der Waals surface area contributed by atoms with Crippen molar-refractivity contribution in [3.05, 3.63) is 45.7 Å². The standard InChI is InChI=1S/C13H12N4OS2/c1-7-4-2-3-5-8(7)6-19-13-16-10-9(11(18)17-13)20-12(14)15-10/h2-5H,6H2,1H3,(H3,14,15,16,17,18). The number of nitrogens with zero attached hydrogens (tertiary/aromatic N) is 2. The van der Waals surface area contributed by atoms with E-state index in [9.17, 15) is 4.79 Å². The highest BCUT2D eigenvalue weighted by Gasteiger charge is 2.09. The maximum absolute atomic E-state index is 11.9. The topological polar surface area (TPSA) is 84.7 Å². The molecule has 0 saturated carbocycles. The summed E-state index contributed by atoms with van der Waals surface area (Å²) >= 11 is 2.64. The lowest BCUT2D eigenvalue weighted by Gasteiger charge is -2.04. The number of thioether (sulfide) groups is 1. The highest BCUT2D eigenvalue weighted by Crippen LogP contribution is 2.23. The minimum atomic E-state index is -0.184. The van der Waals surface area contributed by atoms with Crippen LogP contribution >= 0.6 is 23.1 Å². The predicted molar refractivity (Wildman–Crippen MR) is 83.2 cm³/mol. The molecule has 0 unspecified atom stereocenters. The molecule has 0 aliphatic rings. The number of nitrogens with one attached hydrogen (secondary N) is 1. The predicted octanol–water partition coefficient (Wildman–Crippen LogP) is 2.56. The Bertz CT molecular complexity index is 825. The fourth-order valence-corrected chi connectivity index (χ4v) is 3.42. The van der Waals surface area contributed by atoms with Crippen LogP contribution in [0.3, 0.4) is 0 Å². The van der Waals surface area contributed by atoms with Crippen LogP contribution in [-0.4, -0.2) is 15.0 Å². The zero-order valence-electron chi connectivity index (χ0n) is 10.7. The van der Waals surface area contributed by atoms with E-state index >= 15 is 0 Å². The zero-order chi connectivity index (χ0) is 14.1. The lowest BCUT2D eigenvalue weighted by Crippen LogP contribution is -2.07. The molecule has 3 rings (SSSR count). The van der Waals surface area contributed by atoms with Gasteiger partial charge in [-0.3, -0.25) is 4.79 Å². The van der Waals surface area contributed by atoms with Crippen molar-refractivity contribution >= 4 is 38.6 Å². The molecule has 7 heteroatoms. The van der Waals surface area contributed by atoms with Crippen LogP contribution in [0.2, 0.25) is 0 Å². The van der Waals surface area contributed by atoms with Crippen LogP contribution < -0.4 is 11.3 Å². The number of hydrogen-bond acceptors (Lipinski definition) is 6. The molecular formula is C13H12N4OS2. The van der Waals surface area contributed by atoms with Gasteiger partial charge in [-0.05, 0) is 18.1 Å². The first-order valence-electron chi connectivity index (χ1n) is 5.97. The lowest BCUT2D eigenvalue weighted by molar-refractivity contribution is 0.967. The summed E-state index contributed by atoms with van der Waals surface area (Å²) in [7, 11) is 0. The molecule has 20 heavy (non-hydrogen) atoms. The van der Waals surface area contributed by atoms with E-state index in [0.717, 1.165) is 17.1 Å². The molecule has 5 nitrogen and oxygen atoms in total. The quantitative estimate of drug-likeness (QED) is 0.574. The molecule has 0 fully saturated rings. The van der Waals surface area contributed by atoms with Crippen LogP contribution in [0, 0.1) is 6.92 Å². The second kappa shape index (κ2) is 5.26. The number of thiazole rings is 1. The second-order valence-electron chi connectivity index (χ2n) is 4.29. The SMILES string of the molecule is Cc1ccccc1CSc1nc2nc(N)sc2c(=O)[nH]1. The maximum Gasteiger partial charge on any atom is 0.271 e. The largest absolute Gasteiger partial charge is 0.375 e. The molecular weight excluding hydrogens is 292 g/mol. The number of aryl methyl sites for hydroxylation is 1. The molecule has 102 valence electrons. The summed E-state index contributed by atoms with van der Waals surface area (Å²) in [6, 6.07) is 8.15. The highest BCUT2D eigenvalue weighted by atomic mass is 32.2. The minimum absolute atomic E-state index is 0.184. The molecule has 0 amide bonds. The number of benzene rings is 1. The van der Waals surface area contributed by atoms with Gasteiger partial charge in [-0.25, -0.2) is 9.97 Å². The van der Waals surface area contributed by atoms with Gasteiger partial charge in [0.05, 0.1) is 0 Å². The van der Waals surface area contributed by atoms with Gasteiger partial charge in [0.2, 0.25) is 0 Å². The van der Waals surface area contributed by atoms with Gasteiger partial charge in [-0.15, -0.1) is 0 Å². The summed E-state index contributed by atoms with van der Waals surface area (Å²) in [5.41, 5.74) is 8.28. The normalized spacial score (nSPS) is 11.1. The highest BCUT2D eigenvalue weighted by molar-refractivity contribution is 7.98. The third-order valence-corrected chi connectivity index (χ3v) is 4.68. The third-order valence-electron chi connectivity index (χ3n) is 2.89. The Morgan fingerprint density at radius 1 is 1.35 bits per heavy atom. The van der Waals surface area contributed by atoms with Gasteiger partial charge in [-0.2, -0.15) is 0 Å². The maximum atomic E-state index is 11.9. The van der Waals surface area contributed by atoms with Crippen molar-refractivity contribution in [3.8, 4) is 0 Å². The van der Waals surface area contributed by atoms with Crippen LogP contribution in [0.25, 0.3) is 10.3 Å². The Labute approximate surface area is 123 Å². The van der Waals surface area contributed by atoms with E-state index in [1.165, 1.54) is 22.9 Å². The summed E-state index contributed by atoms with van der Waals surface area (Å²) in [5, 5.41) is 0.926. The summed E-state index contributed by atoms with van der Waals surface area (Å²) in [6.07, 6.45) is 0. The van der Waals surface area contributed by atoms with Gasteiger partial charge in [0.15, 0.2) is 15.9 Å². The molecule has 0 spiro atoms. The van der Waals surface area contributed by atoms with Gasteiger partial charge in [0.25, 0.3) is 5.56 Å². The van der Waals surface area contributed by atoms with Crippen molar-refractivity contribution < 1.29 is 0 Å². The van der Waals surface area contributed by atoms with E-state index in [2.05, 4.69) is 34.0 Å². The molecule has 2 aromatic heterocycles. The number of nitrogen functional groups attached to an aromatic ring is 1. The third kappa shape index (κ3) is 2.54. The number of H-pyrrole nitrogens is 1. The van der Waals surface area contributed by atoms with Crippen molar-refractivity contribution in [3.63, 3.8) is 0 Å². The van der Waals surface area contributed by atoms with Crippen molar-refractivity contribution in [1.82, 2.24) is 15.0 Å². The number of aromatic nitrogens is 3. The average molecular weight is 304 g/mol. The van der Waals surface area contributed by atoms with E-state index in [-0.39, 0.29) is 5.56 Å². The van der Waals surface area contributed by atoms with Crippen LogP contribution in [-0.2, 0) is 5.75 Å². The molecule has 0 radical (unpaired) electrons. The average Bonchev–Trinajstić information content (AvgIpc) is 2.79. The summed E-state index contributed by atoms with van der Waals surface area (Å²) < 4.78 is 0.475. The minimum Gasteiger partial charge on any atom is -0.375 e. The fourth-order valence-electron chi connectivity index (χ4n) is 1.82. The Morgan fingerprint density at radius 2 is 2.15 bits per heavy atom. The Morgan fingerprint density at radius 3 is 2.95 bits per heavy atom. The van der Waals surface area contributed by atoms with Gasteiger partial charge >= 0.3 is 0 Å². The molecule has 3 aromatic rings. The first-order chi connectivity index (χ1) is 9.63. The van der Waals surface area contributed by atoms with Crippen molar-refractivity contribution in [2.75, 3.05) is 5.73 Å². The second-order valence-corrected chi connectivity index (χ2v) is 6.29. The van der Waals surface area contributed by atoms with E-state index in [1.807, 2.05) is 12.1 Å². The number of hydrogen-bond donors (Lipinski definition) is 2. The fraction of sp³-hybridized carbons (Fsp3) is 0.154. The molecule has 3 N–H and O–H groups in total. The van der Waals surface area contributed by atoms with Crippen molar-refractivity contribution in [2.45, 2.75) is 17.8 Å². The molecule has 0 bridgehead atoms. The first kappa shape index (κ1) is 13.1. The van der Waals surface area contributed by atoms with E-state index in [4.69, 9.17) is 5.73 Å². The van der Waals surface area contributed by atoms with Gasteiger partial charge in [-0.1, -0.05) is 47.4 Å². The number of fused-ring (bicyclic) bond motifs is 1. The summed E-state index contributed by atoms with van der Waals surface area (Å²) in [4.78, 5) is 23.0. The van der Waals surface area contributed by atoms with Gasteiger partial charge in [0, 0.05) is 5.75 Å². The van der Waals surface area contributed by atoms with Gasteiger partial charge < -0.3 is 10.7 Å². The Kier molecular flexibility index (Phi) is 3.45. The number of aromatic amines is 1. The molecule has 0 aliphatic carbocycles. The monoisotopic (exact) mass is 304 g/mol. The molecule has 0 saturated heterocycles. The van der Waals surface area contributed by atoms with Crippen molar-refractivity contribution in [1.29, 1.82) is 0 Å². The van der Waals surface area contributed by atoms with Crippen LogP contribution in [0.1, 0.15) is 11.1 Å². The molecule has 2 heterocycles. The smallest absolute Gasteiger partial charge is 0.271 e. The van der Waals surface area contributed by atoms with E-state index < -0.39 is 0 Å². The Hall–Kier alpha value is -1.86. The number of nitrogens with two attached hydrogens (primary N) is 1. The van der Waals surface area contributed by atoms with E-state index in [0.29, 0.717) is 20.6 Å². The lowest BCUT2D eigenvalue weighted by atomic mass is 10.1. The molecule has 1 aromatic carbocycles.